The number of benzene rings is 1. The van der Waals surface area contributed by atoms with Crippen LogP contribution in [0.3, 0.4) is 0 Å². The van der Waals surface area contributed by atoms with Gasteiger partial charge in [-0.2, -0.15) is 0 Å². The van der Waals surface area contributed by atoms with Crippen LogP contribution in [0.25, 0.3) is 0 Å². The largest absolute Gasteiger partial charge is 0.352 e. The van der Waals surface area contributed by atoms with Crippen molar-refractivity contribution in [1.29, 1.82) is 0 Å². The fourth-order valence-corrected chi connectivity index (χ4v) is 5.36. The van der Waals surface area contributed by atoms with Gasteiger partial charge in [0, 0.05) is 38.1 Å². The summed E-state index contributed by atoms with van der Waals surface area (Å²) in [6, 6.07) is 10.6. The Labute approximate surface area is 174 Å². The minimum absolute atomic E-state index is 0.0885. The van der Waals surface area contributed by atoms with Crippen molar-refractivity contribution in [3.05, 3.63) is 35.9 Å². The van der Waals surface area contributed by atoms with E-state index in [2.05, 4.69) is 15.1 Å². The van der Waals surface area contributed by atoms with Gasteiger partial charge in [-0.25, -0.2) is 0 Å². The summed E-state index contributed by atoms with van der Waals surface area (Å²) in [4.78, 5) is 30.0. The molecule has 0 bridgehead atoms. The van der Waals surface area contributed by atoms with E-state index in [-0.39, 0.29) is 11.8 Å². The summed E-state index contributed by atoms with van der Waals surface area (Å²) < 4.78 is 0. The van der Waals surface area contributed by atoms with Crippen molar-refractivity contribution in [3.63, 3.8) is 0 Å². The molecule has 3 fully saturated rings. The minimum Gasteiger partial charge on any atom is -0.352 e. The van der Waals surface area contributed by atoms with E-state index >= 15 is 0 Å². The quantitative estimate of drug-likeness (QED) is 0.830. The molecule has 4 rings (SSSR count). The number of hydrogen-bond acceptors (Lipinski definition) is 3. The summed E-state index contributed by atoms with van der Waals surface area (Å²) >= 11 is 0. The molecule has 1 aromatic rings. The van der Waals surface area contributed by atoms with Gasteiger partial charge >= 0.3 is 0 Å². The molecule has 2 aliphatic heterocycles. The highest BCUT2D eigenvalue weighted by molar-refractivity contribution is 5.79. The highest BCUT2D eigenvalue weighted by atomic mass is 16.2. The van der Waals surface area contributed by atoms with E-state index in [1.807, 2.05) is 30.3 Å². The molecule has 29 heavy (non-hydrogen) atoms. The van der Waals surface area contributed by atoms with Crippen molar-refractivity contribution < 1.29 is 9.59 Å². The number of likely N-dealkylation sites (tertiary alicyclic amines) is 2. The molecule has 1 aliphatic carbocycles. The average molecular weight is 398 g/mol. The summed E-state index contributed by atoms with van der Waals surface area (Å²) in [5.41, 5.74) is 1.15. The molecule has 1 atom stereocenters. The zero-order chi connectivity index (χ0) is 20.1. The second kappa shape index (κ2) is 9.75. The molecule has 3 aliphatic rings. The molecular formula is C24H35N3O2. The number of nitrogens with zero attached hydrogens (tertiary/aromatic N) is 2. The maximum absolute atomic E-state index is 12.7. The van der Waals surface area contributed by atoms with Gasteiger partial charge in [0.1, 0.15) is 0 Å². The highest BCUT2D eigenvalue weighted by Crippen LogP contribution is 2.29. The van der Waals surface area contributed by atoms with Crippen LogP contribution in [-0.4, -0.2) is 53.8 Å². The van der Waals surface area contributed by atoms with Crippen molar-refractivity contribution in [3.8, 4) is 0 Å². The van der Waals surface area contributed by atoms with Gasteiger partial charge in [0.25, 0.3) is 0 Å². The maximum Gasteiger partial charge on any atom is 0.225 e. The van der Waals surface area contributed by atoms with E-state index in [0.717, 1.165) is 70.3 Å². The number of rotatable bonds is 5. The van der Waals surface area contributed by atoms with Crippen LogP contribution in [0.15, 0.2) is 30.3 Å². The third-order valence-electron chi connectivity index (χ3n) is 7.13. The zero-order valence-electron chi connectivity index (χ0n) is 17.5. The van der Waals surface area contributed by atoms with Gasteiger partial charge in [0.05, 0.1) is 5.92 Å². The first-order valence-corrected chi connectivity index (χ1v) is 11.5. The normalized spacial score (nSPS) is 24.6. The van der Waals surface area contributed by atoms with E-state index in [1.165, 1.54) is 12.8 Å². The Balaban J connectivity index is 1.23. The van der Waals surface area contributed by atoms with Crippen molar-refractivity contribution in [1.82, 2.24) is 15.1 Å². The number of piperidine rings is 2. The van der Waals surface area contributed by atoms with Crippen molar-refractivity contribution in [2.75, 3.05) is 26.2 Å². The smallest absolute Gasteiger partial charge is 0.225 e. The summed E-state index contributed by atoms with van der Waals surface area (Å²) in [6.07, 6.45) is 8.78. The Morgan fingerprint density at radius 2 is 1.55 bits per heavy atom. The summed E-state index contributed by atoms with van der Waals surface area (Å²) in [6.45, 7) is 4.34. The van der Waals surface area contributed by atoms with Gasteiger partial charge in [-0.1, -0.05) is 43.2 Å². The summed E-state index contributed by atoms with van der Waals surface area (Å²) in [5, 5.41) is 3.13. The second-order valence-corrected chi connectivity index (χ2v) is 9.08. The summed E-state index contributed by atoms with van der Waals surface area (Å²) in [5.74, 6) is 0.968. The first kappa shape index (κ1) is 20.4. The molecule has 0 aromatic heterocycles. The molecule has 0 spiro atoms. The van der Waals surface area contributed by atoms with Gasteiger partial charge in [0.15, 0.2) is 0 Å². The highest BCUT2D eigenvalue weighted by Gasteiger charge is 2.34. The number of nitrogens with one attached hydrogen (secondary N) is 1. The van der Waals surface area contributed by atoms with Crippen molar-refractivity contribution >= 4 is 11.8 Å². The molecule has 2 saturated heterocycles. The fourth-order valence-electron chi connectivity index (χ4n) is 5.36. The Morgan fingerprint density at radius 1 is 0.862 bits per heavy atom. The van der Waals surface area contributed by atoms with Crippen LogP contribution in [0.4, 0.5) is 0 Å². The lowest BCUT2D eigenvalue weighted by atomic mass is 9.92. The number of amides is 2. The van der Waals surface area contributed by atoms with Crippen LogP contribution in [-0.2, 0) is 16.1 Å². The van der Waals surface area contributed by atoms with E-state index in [4.69, 9.17) is 0 Å². The van der Waals surface area contributed by atoms with Crippen LogP contribution in [0.1, 0.15) is 56.9 Å². The molecule has 2 heterocycles. The predicted octanol–water partition coefficient (Wildman–Crippen LogP) is 3.20. The van der Waals surface area contributed by atoms with Gasteiger partial charge in [0.2, 0.25) is 11.8 Å². The Kier molecular flexibility index (Phi) is 6.86. The molecule has 1 N–H and O–H groups in total. The molecule has 5 heteroatoms. The van der Waals surface area contributed by atoms with E-state index in [1.54, 1.807) is 0 Å². The molecule has 1 saturated carbocycles. The van der Waals surface area contributed by atoms with Crippen LogP contribution < -0.4 is 5.32 Å². The topological polar surface area (TPSA) is 52.7 Å². The third kappa shape index (κ3) is 5.19. The second-order valence-electron chi connectivity index (χ2n) is 9.08. The molecule has 1 aromatic carbocycles. The lowest BCUT2D eigenvalue weighted by molar-refractivity contribution is -0.137. The maximum atomic E-state index is 12.7. The van der Waals surface area contributed by atoms with Gasteiger partial charge in [-0.05, 0) is 50.6 Å². The lowest BCUT2D eigenvalue weighted by Gasteiger charge is -2.42. The van der Waals surface area contributed by atoms with Crippen LogP contribution >= 0.6 is 0 Å². The monoisotopic (exact) mass is 397 g/mol. The first-order valence-electron chi connectivity index (χ1n) is 11.5. The van der Waals surface area contributed by atoms with Crippen LogP contribution in [0, 0.1) is 11.8 Å². The van der Waals surface area contributed by atoms with Crippen molar-refractivity contribution in [2.24, 2.45) is 11.8 Å². The Bertz CT molecular complexity index is 679. The standard InChI is InChI=1S/C24H35N3O2/c28-23(25-17-19-7-2-1-3-8-19)21-11-6-14-27(18-21)22-12-15-26(16-13-22)24(29)20-9-4-5-10-20/h1-3,7-8,20-22H,4-6,9-18H2,(H,25,28)/t21-/m1/s1. The van der Waals surface area contributed by atoms with Crippen LogP contribution in [0.2, 0.25) is 0 Å². The van der Waals surface area contributed by atoms with Gasteiger partial charge < -0.3 is 10.2 Å². The zero-order valence-corrected chi connectivity index (χ0v) is 17.5. The van der Waals surface area contributed by atoms with E-state index < -0.39 is 0 Å². The number of hydrogen-bond donors (Lipinski definition) is 1. The van der Waals surface area contributed by atoms with Gasteiger partial charge in [-0.15, -0.1) is 0 Å². The Morgan fingerprint density at radius 3 is 2.28 bits per heavy atom. The number of carbonyl (C=O) groups excluding carboxylic acids is 2. The molecule has 0 unspecified atom stereocenters. The van der Waals surface area contributed by atoms with Crippen molar-refractivity contribution in [2.45, 2.75) is 64.0 Å². The minimum atomic E-state index is 0.0885. The third-order valence-corrected chi connectivity index (χ3v) is 7.13. The number of carbonyl (C=O) groups is 2. The lowest BCUT2D eigenvalue weighted by Crippen LogP contribution is -2.52. The first-order chi connectivity index (χ1) is 14.2. The molecular weight excluding hydrogens is 362 g/mol. The molecule has 158 valence electrons. The summed E-state index contributed by atoms with van der Waals surface area (Å²) in [7, 11) is 0. The SMILES string of the molecule is O=C(NCc1ccccc1)[C@@H]1CCCN(C2CCN(C(=O)C3CCCC3)CC2)C1. The fraction of sp³-hybridized carbons (Fsp3) is 0.667. The van der Waals surface area contributed by atoms with Gasteiger partial charge in [-0.3, -0.25) is 14.5 Å². The molecule has 2 amide bonds. The van der Waals surface area contributed by atoms with E-state index in [9.17, 15) is 9.59 Å². The molecule has 5 nitrogen and oxygen atoms in total. The predicted molar refractivity (Wildman–Crippen MR) is 114 cm³/mol. The Hall–Kier alpha value is -1.88. The van der Waals surface area contributed by atoms with E-state index in [0.29, 0.717) is 24.4 Å². The average Bonchev–Trinajstić information content (AvgIpc) is 3.33. The van der Waals surface area contributed by atoms with Crippen LogP contribution in [0.5, 0.6) is 0 Å². The molecule has 0 radical (unpaired) electrons.